The number of hydrogen-bond donors (Lipinski definition) is 0. The molecule has 0 radical (unpaired) electrons. The second-order valence-corrected chi connectivity index (χ2v) is 6.74. The van der Waals surface area contributed by atoms with Gasteiger partial charge in [0.15, 0.2) is 0 Å². The van der Waals surface area contributed by atoms with Crippen molar-refractivity contribution < 1.29 is 9.53 Å². The third-order valence-electron chi connectivity index (χ3n) is 3.60. The van der Waals surface area contributed by atoms with Crippen LogP contribution in [0.2, 0.25) is 0 Å². The number of rotatable bonds is 4. The molecule has 116 valence electrons. The molecule has 1 saturated heterocycles. The van der Waals surface area contributed by atoms with Crippen LogP contribution in [0.15, 0.2) is 27.8 Å². The van der Waals surface area contributed by atoms with Crippen LogP contribution in [0.1, 0.15) is 23.3 Å². The molecule has 1 fully saturated rings. The van der Waals surface area contributed by atoms with E-state index in [4.69, 9.17) is 4.74 Å². The molecule has 1 amide bonds. The van der Waals surface area contributed by atoms with Gasteiger partial charge in [-0.2, -0.15) is 0 Å². The largest absolute Gasteiger partial charge is 0.463 e. The van der Waals surface area contributed by atoms with Gasteiger partial charge in [0.05, 0.1) is 16.6 Å². The highest BCUT2D eigenvalue weighted by Crippen LogP contribution is 2.20. The Hall–Kier alpha value is -1.54. The zero-order valence-corrected chi connectivity index (χ0v) is 14.2. The molecule has 8 heteroatoms. The van der Waals surface area contributed by atoms with E-state index in [0.29, 0.717) is 24.2 Å². The average molecular weight is 383 g/mol. The molecular weight excluding hydrogens is 368 g/mol. The summed E-state index contributed by atoms with van der Waals surface area (Å²) in [6.07, 6.45) is 5.17. The Balaban J connectivity index is 1.45. The Morgan fingerprint density at radius 1 is 1.32 bits per heavy atom. The van der Waals surface area contributed by atoms with Gasteiger partial charge in [-0.05, 0) is 34.7 Å². The van der Waals surface area contributed by atoms with Crippen LogP contribution in [0.4, 0.5) is 0 Å². The number of ether oxygens (including phenoxy) is 1. The zero-order chi connectivity index (χ0) is 15.4. The van der Waals surface area contributed by atoms with Crippen molar-refractivity contribution in [2.75, 3.05) is 19.7 Å². The normalized spacial score (nSPS) is 15.8. The van der Waals surface area contributed by atoms with E-state index in [2.05, 4.69) is 30.9 Å². The fraction of sp³-hybridized carbons (Fsp3) is 0.429. The molecule has 6 nitrogen and oxygen atoms in total. The fourth-order valence-electron chi connectivity index (χ4n) is 2.35. The summed E-state index contributed by atoms with van der Waals surface area (Å²) >= 11 is 4.73. The van der Waals surface area contributed by atoms with Crippen LogP contribution in [0, 0.1) is 5.92 Å². The van der Waals surface area contributed by atoms with Crippen LogP contribution in [-0.2, 0) is 0 Å². The topological polar surface area (TPSA) is 68.2 Å². The van der Waals surface area contributed by atoms with Gasteiger partial charge in [0.1, 0.15) is 5.69 Å². The third-order valence-corrected chi connectivity index (χ3v) is 4.59. The van der Waals surface area contributed by atoms with E-state index in [0.717, 1.165) is 30.4 Å². The lowest BCUT2D eigenvalue weighted by Crippen LogP contribution is -2.39. The Morgan fingerprint density at radius 2 is 2.05 bits per heavy atom. The lowest BCUT2D eigenvalue weighted by molar-refractivity contribution is 0.0652. The number of likely N-dealkylation sites (tertiary alicyclic amines) is 1. The van der Waals surface area contributed by atoms with E-state index in [9.17, 15) is 4.79 Å². The number of thiazole rings is 1. The minimum absolute atomic E-state index is 0.0249. The number of hydrogen-bond acceptors (Lipinski definition) is 6. The molecule has 0 atom stereocenters. The zero-order valence-electron chi connectivity index (χ0n) is 11.8. The van der Waals surface area contributed by atoms with E-state index < -0.39 is 0 Å². The number of carbonyl (C=O) groups excluding carboxylic acids is 1. The van der Waals surface area contributed by atoms with Crippen LogP contribution >= 0.6 is 27.3 Å². The number of piperidine rings is 1. The molecule has 2 aromatic rings. The maximum absolute atomic E-state index is 12.2. The van der Waals surface area contributed by atoms with Crippen LogP contribution in [0.5, 0.6) is 6.01 Å². The first-order valence-electron chi connectivity index (χ1n) is 7.00. The van der Waals surface area contributed by atoms with Gasteiger partial charge in [-0.25, -0.2) is 15.0 Å². The maximum Gasteiger partial charge on any atom is 0.316 e. The van der Waals surface area contributed by atoms with Gasteiger partial charge in [0.25, 0.3) is 5.91 Å². The van der Waals surface area contributed by atoms with Gasteiger partial charge in [0.2, 0.25) is 0 Å². The number of aromatic nitrogens is 3. The van der Waals surface area contributed by atoms with E-state index in [1.54, 1.807) is 23.3 Å². The molecule has 0 aromatic carbocycles. The van der Waals surface area contributed by atoms with Crippen LogP contribution in [0.3, 0.4) is 0 Å². The summed E-state index contributed by atoms with van der Waals surface area (Å²) in [4.78, 5) is 26.3. The number of nitrogens with zero attached hydrogens (tertiary/aromatic N) is 4. The number of halogens is 1. The van der Waals surface area contributed by atoms with Crippen molar-refractivity contribution in [1.82, 2.24) is 19.9 Å². The summed E-state index contributed by atoms with van der Waals surface area (Å²) in [6.45, 7) is 2.07. The molecular formula is C14H15BrN4O2S. The third kappa shape index (κ3) is 3.80. The Labute approximate surface area is 140 Å². The summed E-state index contributed by atoms with van der Waals surface area (Å²) in [5, 5.41) is 1.79. The quantitative estimate of drug-likeness (QED) is 0.812. The first kappa shape index (κ1) is 15.4. The molecule has 22 heavy (non-hydrogen) atoms. The molecule has 1 aliphatic rings. The summed E-state index contributed by atoms with van der Waals surface area (Å²) in [5.41, 5.74) is 2.23. The van der Waals surface area contributed by atoms with Crippen LogP contribution < -0.4 is 4.74 Å². The highest BCUT2D eigenvalue weighted by atomic mass is 79.9. The Morgan fingerprint density at radius 3 is 2.68 bits per heavy atom. The molecule has 0 spiro atoms. The molecule has 0 bridgehead atoms. The highest BCUT2D eigenvalue weighted by molar-refractivity contribution is 9.10. The summed E-state index contributed by atoms with van der Waals surface area (Å²) in [6, 6.07) is 0.393. The summed E-state index contributed by atoms with van der Waals surface area (Å²) < 4.78 is 6.44. The molecule has 0 saturated carbocycles. The van der Waals surface area contributed by atoms with E-state index in [1.165, 1.54) is 11.3 Å². The predicted octanol–water partition coefficient (Wildman–Crippen LogP) is 2.63. The second kappa shape index (κ2) is 7.15. The van der Waals surface area contributed by atoms with Crippen LogP contribution in [-0.4, -0.2) is 45.5 Å². The first-order chi connectivity index (χ1) is 10.7. The van der Waals surface area contributed by atoms with Gasteiger partial charge < -0.3 is 9.64 Å². The van der Waals surface area contributed by atoms with Crippen molar-refractivity contribution in [3.05, 3.63) is 33.5 Å². The van der Waals surface area contributed by atoms with Crippen molar-refractivity contribution in [2.24, 2.45) is 5.92 Å². The van der Waals surface area contributed by atoms with Crippen molar-refractivity contribution >= 4 is 33.2 Å². The molecule has 2 aromatic heterocycles. The lowest BCUT2D eigenvalue weighted by Gasteiger charge is -2.31. The van der Waals surface area contributed by atoms with Gasteiger partial charge >= 0.3 is 6.01 Å². The molecule has 0 unspecified atom stereocenters. The fourth-order valence-corrected chi connectivity index (χ4v) is 3.08. The van der Waals surface area contributed by atoms with Gasteiger partial charge in [0, 0.05) is 30.9 Å². The monoisotopic (exact) mass is 382 g/mol. The highest BCUT2D eigenvalue weighted by Gasteiger charge is 2.25. The van der Waals surface area contributed by atoms with Crippen molar-refractivity contribution in [2.45, 2.75) is 12.8 Å². The van der Waals surface area contributed by atoms with Crippen LogP contribution in [0.25, 0.3) is 0 Å². The Kier molecular flexibility index (Phi) is 4.99. The van der Waals surface area contributed by atoms with Gasteiger partial charge in [-0.3, -0.25) is 4.79 Å². The van der Waals surface area contributed by atoms with E-state index >= 15 is 0 Å². The van der Waals surface area contributed by atoms with E-state index in [-0.39, 0.29) is 5.91 Å². The van der Waals surface area contributed by atoms with Crippen molar-refractivity contribution in [3.63, 3.8) is 0 Å². The SMILES string of the molecule is O=C(c1cscn1)N1CCC(COc2ncc(Br)cn2)CC1. The summed E-state index contributed by atoms with van der Waals surface area (Å²) in [7, 11) is 0. The lowest BCUT2D eigenvalue weighted by atomic mass is 9.97. The standard InChI is InChI=1S/C14H15BrN4O2S/c15-11-5-16-14(17-6-11)21-7-10-1-3-19(4-2-10)13(20)12-8-22-9-18-12/h5-6,8-10H,1-4,7H2. The van der Waals surface area contributed by atoms with E-state index in [1.807, 2.05) is 4.90 Å². The molecule has 0 aliphatic carbocycles. The predicted molar refractivity (Wildman–Crippen MR) is 86.0 cm³/mol. The first-order valence-corrected chi connectivity index (χ1v) is 8.74. The average Bonchev–Trinajstić information content (AvgIpc) is 3.09. The minimum atomic E-state index is 0.0249. The molecule has 3 rings (SSSR count). The minimum Gasteiger partial charge on any atom is -0.463 e. The van der Waals surface area contributed by atoms with Crippen molar-refractivity contribution in [3.8, 4) is 6.01 Å². The Bertz CT molecular complexity index is 612. The molecule has 3 heterocycles. The summed E-state index contributed by atoms with van der Waals surface area (Å²) in [5.74, 6) is 0.448. The molecule has 0 N–H and O–H groups in total. The van der Waals surface area contributed by atoms with Crippen molar-refractivity contribution in [1.29, 1.82) is 0 Å². The molecule has 1 aliphatic heterocycles. The number of amides is 1. The van der Waals surface area contributed by atoms with Gasteiger partial charge in [-0.15, -0.1) is 11.3 Å². The maximum atomic E-state index is 12.2. The smallest absolute Gasteiger partial charge is 0.316 e. The second-order valence-electron chi connectivity index (χ2n) is 5.10. The van der Waals surface area contributed by atoms with Gasteiger partial charge in [-0.1, -0.05) is 0 Å². The number of carbonyl (C=O) groups is 1.